The van der Waals surface area contributed by atoms with E-state index in [1.807, 2.05) is 26.0 Å². The molecule has 0 aromatic heterocycles. The largest absolute Gasteiger partial charge is 0.303 e. The molecular formula is C8H14O. The molecule has 0 saturated carbocycles. The zero-order valence-electron chi connectivity index (χ0n) is 6.13. The fourth-order valence-corrected chi connectivity index (χ4v) is 0.629. The van der Waals surface area contributed by atoms with Crippen molar-refractivity contribution < 1.29 is 4.79 Å². The van der Waals surface area contributed by atoms with Crippen LogP contribution >= 0.6 is 0 Å². The number of hydrogen-bond donors (Lipinski definition) is 0. The van der Waals surface area contributed by atoms with E-state index in [4.69, 9.17) is 0 Å². The molecule has 0 aliphatic rings. The lowest BCUT2D eigenvalue weighted by Gasteiger charge is -1.99. The Morgan fingerprint density at radius 2 is 2.22 bits per heavy atom. The molecule has 52 valence electrons. The lowest BCUT2D eigenvalue weighted by atomic mass is 10.0. The highest BCUT2D eigenvalue weighted by Crippen LogP contribution is 2.04. The average molecular weight is 126 g/mol. The summed E-state index contributed by atoms with van der Waals surface area (Å²) in [5.41, 5.74) is 0. The summed E-state index contributed by atoms with van der Waals surface area (Å²) in [5, 5.41) is 0. The molecule has 9 heavy (non-hydrogen) atoms. The first kappa shape index (κ1) is 8.41. The van der Waals surface area contributed by atoms with E-state index in [-0.39, 0.29) is 5.92 Å². The van der Waals surface area contributed by atoms with Crippen LogP contribution in [-0.2, 0) is 4.79 Å². The molecule has 1 heteroatoms. The van der Waals surface area contributed by atoms with Crippen LogP contribution in [0, 0.1) is 5.92 Å². The summed E-state index contributed by atoms with van der Waals surface area (Å²) in [5.74, 6) is 0.237. The summed E-state index contributed by atoms with van der Waals surface area (Å²) in [6, 6.07) is 0. The maximum atomic E-state index is 10.2. The minimum Gasteiger partial charge on any atom is -0.303 e. The maximum absolute atomic E-state index is 10.2. The van der Waals surface area contributed by atoms with Gasteiger partial charge in [0.2, 0.25) is 0 Å². The van der Waals surface area contributed by atoms with Gasteiger partial charge in [0.25, 0.3) is 0 Å². The van der Waals surface area contributed by atoms with Crippen molar-refractivity contribution >= 4 is 6.29 Å². The first-order valence-corrected chi connectivity index (χ1v) is 3.41. The first-order chi connectivity index (χ1) is 4.35. The highest BCUT2D eigenvalue weighted by atomic mass is 16.1. The van der Waals surface area contributed by atoms with Gasteiger partial charge in [0.1, 0.15) is 6.29 Å². The molecule has 1 unspecified atom stereocenters. The molecule has 1 nitrogen and oxygen atoms in total. The van der Waals surface area contributed by atoms with Crippen molar-refractivity contribution in [2.75, 3.05) is 0 Å². The van der Waals surface area contributed by atoms with Gasteiger partial charge in [-0.05, 0) is 19.8 Å². The molecule has 0 aliphatic carbocycles. The average Bonchev–Trinajstić information content (AvgIpc) is 1.91. The number of aldehydes is 1. The molecule has 0 saturated heterocycles. The van der Waals surface area contributed by atoms with Crippen LogP contribution in [0.3, 0.4) is 0 Å². The fraction of sp³-hybridized carbons (Fsp3) is 0.625. The number of rotatable bonds is 4. The molecule has 0 aromatic rings. The van der Waals surface area contributed by atoms with Gasteiger partial charge in [-0.3, -0.25) is 0 Å². The minimum atomic E-state index is 0.237. The van der Waals surface area contributed by atoms with Gasteiger partial charge >= 0.3 is 0 Å². The van der Waals surface area contributed by atoms with Crippen molar-refractivity contribution in [3.8, 4) is 0 Å². The molecule has 0 N–H and O–H groups in total. The second-order valence-corrected chi connectivity index (χ2v) is 2.11. The van der Waals surface area contributed by atoms with Gasteiger partial charge in [0.05, 0.1) is 0 Å². The molecular weight excluding hydrogens is 112 g/mol. The molecule has 0 fully saturated rings. The highest BCUT2D eigenvalue weighted by Gasteiger charge is 1.98. The summed E-state index contributed by atoms with van der Waals surface area (Å²) in [4.78, 5) is 10.2. The van der Waals surface area contributed by atoms with Crippen LogP contribution in [-0.4, -0.2) is 6.29 Å². The summed E-state index contributed by atoms with van der Waals surface area (Å²) < 4.78 is 0. The molecule has 0 aromatic carbocycles. The molecule has 0 amide bonds. The van der Waals surface area contributed by atoms with Crippen LogP contribution in [0.25, 0.3) is 0 Å². The van der Waals surface area contributed by atoms with Crippen LogP contribution in [0.4, 0.5) is 0 Å². The van der Waals surface area contributed by atoms with Gasteiger partial charge in [-0.2, -0.15) is 0 Å². The van der Waals surface area contributed by atoms with Gasteiger partial charge in [-0.15, -0.1) is 0 Å². The van der Waals surface area contributed by atoms with Crippen molar-refractivity contribution in [1.82, 2.24) is 0 Å². The van der Waals surface area contributed by atoms with E-state index in [1.54, 1.807) is 0 Å². The Morgan fingerprint density at radius 1 is 1.56 bits per heavy atom. The SMILES string of the molecule is CC=CCC(C=O)CC. The number of hydrogen-bond acceptors (Lipinski definition) is 1. The zero-order valence-corrected chi connectivity index (χ0v) is 6.13. The van der Waals surface area contributed by atoms with Crippen LogP contribution < -0.4 is 0 Å². The number of allylic oxidation sites excluding steroid dienone is 2. The summed E-state index contributed by atoms with van der Waals surface area (Å²) in [7, 11) is 0. The van der Waals surface area contributed by atoms with E-state index >= 15 is 0 Å². The Kier molecular flexibility index (Phi) is 5.18. The predicted octanol–water partition coefficient (Wildman–Crippen LogP) is 2.18. The molecule has 0 spiro atoms. The lowest BCUT2D eigenvalue weighted by molar-refractivity contribution is -0.111. The van der Waals surface area contributed by atoms with E-state index in [0.29, 0.717) is 0 Å². The number of carbonyl (C=O) groups excluding carboxylic acids is 1. The smallest absolute Gasteiger partial charge is 0.123 e. The van der Waals surface area contributed by atoms with Gasteiger partial charge in [-0.25, -0.2) is 0 Å². The molecule has 0 radical (unpaired) electrons. The third-order valence-electron chi connectivity index (χ3n) is 1.39. The highest BCUT2D eigenvalue weighted by molar-refractivity contribution is 5.53. The Labute approximate surface area is 56.8 Å². The fourth-order valence-electron chi connectivity index (χ4n) is 0.629. The predicted molar refractivity (Wildman–Crippen MR) is 39.3 cm³/mol. The van der Waals surface area contributed by atoms with Gasteiger partial charge in [-0.1, -0.05) is 19.1 Å². The van der Waals surface area contributed by atoms with Crippen molar-refractivity contribution in [3.05, 3.63) is 12.2 Å². The van der Waals surface area contributed by atoms with E-state index in [0.717, 1.165) is 19.1 Å². The standard InChI is InChI=1S/C8H14O/c1-3-5-6-8(4-2)7-9/h3,5,7-8H,4,6H2,1-2H3. The Morgan fingerprint density at radius 3 is 2.56 bits per heavy atom. The van der Waals surface area contributed by atoms with Crippen molar-refractivity contribution in [3.63, 3.8) is 0 Å². The number of carbonyl (C=O) groups is 1. The van der Waals surface area contributed by atoms with Gasteiger partial charge < -0.3 is 4.79 Å². The van der Waals surface area contributed by atoms with Crippen LogP contribution in [0.2, 0.25) is 0 Å². The van der Waals surface area contributed by atoms with E-state index in [1.165, 1.54) is 0 Å². The van der Waals surface area contributed by atoms with Crippen LogP contribution in [0.5, 0.6) is 0 Å². The summed E-state index contributed by atoms with van der Waals surface area (Å²) >= 11 is 0. The Bertz CT molecular complexity index is 94.7. The van der Waals surface area contributed by atoms with Gasteiger partial charge in [0.15, 0.2) is 0 Å². The third-order valence-corrected chi connectivity index (χ3v) is 1.39. The third kappa shape index (κ3) is 3.95. The van der Waals surface area contributed by atoms with E-state index in [2.05, 4.69) is 0 Å². The topological polar surface area (TPSA) is 17.1 Å². The monoisotopic (exact) mass is 126 g/mol. The minimum absolute atomic E-state index is 0.237. The zero-order chi connectivity index (χ0) is 7.11. The molecule has 0 rings (SSSR count). The molecule has 0 bridgehead atoms. The maximum Gasteiger partial charge on any atom is 0.123 e. The quantitative estimate of drug-likeness (QED) is 0.417. The Balaban J connectivity index is 3.42. The second-order valence-electron chi connectivity index (χ2n) is 2.11. The molecule has 0 heterocycles. The van der Waals surface area contributed by atoms with Crippen molar-refractivity contribution in [2.45, 2.75) is 26.7 Å². The summed E-state index contributed by atoms with van der Waals surface area (Å²) in [6.07, 6.45) is 6.89. The van der Waals surface area contributed by atoms with Gasteiger partial charge in [0, 0.05) is 5.92 Å². The first-order valence-electron chi connectivity index (χ1n) is 3.41. The van der Waals surface area contributed by atoms with Crippen molar-refractivity contribution in [1.29, 1.82) is 0 Å². The van der Waals surface area contributed by atoms with Crippen LogP contribution in [0.1, 0.15) is 26.7 Å². The molecule has 0 aliphatic heterocycles. The second kappa shape index (κ2) is 5.54. The van der Waals surface area contributed by atoms with Crippen molar-refractivity contribution in [2.24, 2.45) is 5.92 Å². The van der Waals surface area contributed by atoms with E-state index < -0.39 is 0 Å². The normalized spacial score (nSPS) is 14.0. The summed E-state index contributed by atoms with van der Waals surface area (Å²) in [6.45, 7) is 4.00. The van der Waals surface area contributed by atoms with Crippen LogP contribution in [0.15, 0.2) is 12.2 Å². The van der Waals surface area contributed by atoms with E-state index in [9.17, 15) is 4.79 Å². The molecule has 1 atom stereocenters. The lowest BCUT2D eigenvalue weighted by Crippen LogP contribution is -1.96. The Hall–Kier alpha value is -0.590.